The summed E-state index contributed by atoms with van der Waals surface area (Å²) in [6.07, 6.45) is 0. The first kappa shape index (κ1) is 21.7. The van der Waals surface area contributed by atoms with Crippen molar-refractivity contribution in [1.82, 2.24) is 9.13 Å². The fourth-order valence-corrected chi connectivity index (χ4v) is 5.45. The molecule has 0 atom stereocenters. The van der Waals surface area contributed by atoms with E-state index in [9.17, 15) is 22.8 Å². The van der Waals surface area contributed by atoms with Crippen molar-refractivity contribution in [2.24, 2.45) is 7.05 Å². The van der Waals surface area contributed by atoms with Crippen LogP contribution in [0.15, 0.2) is 81.2 Å². The summed E-state index contributed by atoms with van der Waals surface area (Å²) in [5, 5.41) is 0.0759. The number of carbonyl (C=O) groups excluding carboxylic acids is 1. The number of esters is 1. The molecule has 0 aliphatic heterocycles. The van der Waals surface area contributed by atoms with Crippen LogP contribution < -0.4 is 11.2 Å². The van der Waals surface area contributed by atoms with Crippen molar-refractivity contribution in [3.8, 4) is 0 Å². The number of aryl methyl sites for hydroxylation is 1. The Bertz CT molecular complexity index is 1520. The Balaban J connectivity index is 1.69. The predicted octanol–water partition coefficient (Wildman–Crippen LogP) is 2.55. The molecule has 0 saturated carbocycles. The Kier molecular flexibility index (Phi) is 5.81. The number of hydrogen-bond acceptors (Lipinski definition) is 7. The van der Waals surface area contributed by atoms with Crippen LogP contribution in [0.25, 0.3) is 10.2 Å². The molecule has 8 nitrogen and oxygen atoms in total. The summed E-state index contributed by atoms with van der Waals surface area (Å²) in [6, 6.07) is 18.0. The number of benzene rings is 2. The van der Waals surface area contributed by atoms with Crippen LogP contribution in [0.5, 0.6) is 0 Å². The fraction of sp³-hybridized carbons (Fsp3) is 0.136. The topological polar surface area (TPSA) is 104 Å². The number of ether oxygens (including phenoxy) is 1. The van der Waals surface area contributed by atoms with Gasteiger partial charge in [0.25, 0.3) is 5.56 Å². The summed E-state index contributed by atoms with van der Waals surface area (Å²) >= 11 is 0.944. The molecule has 0 aliphatic carbocycles. The molecule has 164 valence electrons. The van der Waals surface area contributed by atoms with Gasteiger partial charge in [0.05, 0.1) is 10.3 Å². The summed E-state index contributed by atoms with van der Waals surface area (Å²) in [6.45, 7) is 0.0619. The van der Waals surface area contributed by atoms with Crippen LogP contribution in [0.1, 0.15) is 15.2 Å². The van der Waals surface area contributed by atoms with Crippen LogP contribution >= 0.6 is 11.3 Å². The van der Waals surface area contributed by atoms with Crippen molar-refractivity contribution >= 4 is 37.4 Å². The minimum absolute atomic E-state index is 0.00421. The number of hydrogen-bond donors (Lipinski definition) is 0. The molecule has 0 spiro atoms. The molecule has 2 heterocycles. The third kappa shape index (κ3) is 4.14. The van der Waals surface area contributed by atoms with Gasteiger partial charge in [-0.25, -0.2) is 22.6 Å². The number of rotatable bonds is 6. The quantitative estimate of drug-likeness (QED) is 0.401. The first-order valence-electron chi connectivity index (χ1n) is 9.50. The molecule has 0 aliphatic rings. The highest BCUT2D eigenvalue weighted by Crippen LogP contribution is 2.23. The number of sulfone groups is 1. The molecule has 32 heavy (non-hydrogen) atoms. The summed E-state index contributed by atoms with van der Waals surface area (Å²) in [7, 11) is -2.51. The third-order valence-corrected chi connectivity index (χ3v) is 7.61. The van der Waals surface area contributed by atoms with Gasteiger partial charge in [0, 0.05) is 7.05 Å². The molecule has 4 rings (SSSR count). The Hall–Kier alpha value is -3.50. The van der Waals surface area contributed by atoms with E-state index in [0.717, 1.165) is 21.5 Å². The Morgan fingerprint density at radius 1 is 1.00 bits per heavy atom. The second kappa shape index (κ2) is 8.56. The van der Waals surface area contributed by atoms with Gasteiger partial charge < -0.3 is 4.74 Å². The molecule has 10 heteroatoms. The standard InChI is InChI=1S/C22H18N2O6S2/c1-23-20-17(12-18(31-20)21(26)30-13-15-8-4-2-5-9-15)19(25)24(22(23)27)14-32(28,29)16-10-6-3-7-11-16/h2-12H,13-14H2,1H3. The van der Waals surface area contributed by atoms with Gasteiger partial charge in [-0.15, -0.1) is 11.3 Å². The summed E-state index contributed by atoms with van der Waals surface area (Å²) in [5.41, 5.74) is -0.753. The average molecular weight is 471 g/mol. The monoisotopic (exact) mass is 470 g/mol. The van der Waals surface area contributed by atoms with Crippen molar-refractivity contribution in [2.75, 3.05) is 0 Å². The van der Waals surface area contributed by atoms with Crippen LogP contribution in [0, 0.1) is 0 Å². The van der Waals surface area contributed by atoms with Gasteiger partial charge in [-0.3, -0.25) is 9.36 Å². The average Bonchev–Trinajstić information content (AvgIpc) is 3.26. The third-order valence-electron chi connectivity index (χ3n) is 4.83. The Labute approximate surface area is 186 Å². The molecular formula is C22H18N2O6S2. The smallest absolute Gasteiger partial charge is 0.348 e. The van der Waals surface area contributed by atoms with Crippen molar-refractivity contribution in [3.05, 3.63) is 98.0 Å². The number of nitrogens with zero attached hydrogens (tertiary/aromatic N) is 2. The van der Waals surface area contributed by atoms with E-state index in [1.165, 1.54) is 25.2 Å². The number of thiophene rings is 1. The lowest BCUT2D eigenvalue weighted by molar-refractivity contribution is 0.0478. The lowest BCUT2D eigenvalue weighted by Crippen LogP contribution is -2.40. The van der Waals surface area contributed by atoms with E-state index in [-0.39, 0.29) is 26.6 Å². The highest BCUT2D eigenvalue weighted by Gasteiger charge is 2.22. The maximum atomic E-state index is 13.0. The van der Waals surface area contributed by atoms with Crippen LogP contribution in [0.2, 0.25) is 0 Å². The Morgan fingerprint density at radius 3 is 2.28 bits per heavy atom. The lowest BCUT2D eigenvalue weighted by Gasteiger charge is -2.09. The summed E-state index contributed by atoms with van der Waals surface area (Å²) in [5.74, 6) is -1.44. The van der Waals surface area contributed by atoms with Gasteiger partial charge in [-0.2, -0.15) is 0 Å². The highest BCUT2D eigenvalue weighted by atomic mass is 32.2. The maximum Gasteiger partial charge on any atom is 0.348 e. The van der Waals surface area contributed by atoms with Crippen LogP contribution in [0.4, 0.5) is 0 Å². The van der Waals surface area contributed by atoms with Crippen LogP contribution in [-0.4, -0.2) is 23.5 Å². The van der Waals surface area contributed by atoms with Gasteiger partial charge in [0.2, 0.25) is 0 Å². The molecule has 0 bridgehead atoms. The lowest BCUT2D eigenvalue weighted by atomic mass is 10.2. The van der Waals surface area contributed by atoms with Gasteiger partial charge in [0.1, 0.15) is 22.2 Å². The molecule has 4 aromatic rings. The SMILES string of the molecule is Cn1c(=O)n(CS(=O)(=O)c2ccccc2)c(=O)c2cc(C(=O)OCc3ccccc3)sc21. The predicted molar refractivity (Wildman–Crippen MR) is 121 cm³/mol. The first-order chi connectivity index (χ1) is 15.3. The first-order valence-corrected chi connectivity index (χ1v) is 12.0. The minimum atomic E-state index is -3.93. The highest BCUT2D eigenvalue weighted by molar-refractivity contribution is 7.90. The van der Waals surface area contributed by atoms with Crippen molar-refractivity contribution < 1.29 is 17.9 Å². The van der Waals surface area contributed by atoms with E-state index >= 15 is 0 Å². The zero-order chi connectivity index (χ0) is 22.9. The van der Waals surface area contributed by atoms with E-state index in [1.807, 2.05) is 30.3 Å². The summed E-state index contributed by atoms with van der Waals surface area (Å²) < 4.78 is 32.5. The molecule has 0 fully saturated rings. The van der Waals surface area contributed by atoms with Crippen LogP contribution in [-0.2, 0) is 34.1 Å². The molecule has 0 saturated heterocycles. The second-order valence-corrected chi connectivity index (χ2v) is 10.0. The number of fused-ring (bicyclic) bond motifs is 1. The van der Waals surface area contributed by atoms with Gasteiger partial charge in [-0.1, -0.05) is 48.5 Å². The maximum absolute atomic E-state index is 13.0. The van der Waals surface area contributed by atoms with Crippen LogP contribution in [0.3, 0.4) is 0 Å². The normalized spacial score (nSPS) is 11.5. The zero-order valence-electron chi connectivity index (χ0n) is 16.9. The molecule has 0 radical (unpaired) electrons. The molecule has 2 aromatic carbocycles. The number of aromatic nitrogens is 2. The number of carbonyl (C=O) groups is 1. The molecule has 0 amide bonds. The zero-order valence-corrected chi connectivity index (χ0v) is 18.6. The van der Waals surface area contributed by atoms with Crippen molar-refractivity contribution in [2.45, 2.75) is 17.4 Å². The molecular weight excluding hydrogens is 452 g/mol. The van der Waals surface area contributed by atoms with E-state index < -0.39 is 32.9 Å². The van der Waals surface area contributed by atoms with E-state index in [2.05, 4.69) is 0 Å². The molecule has 2 aromatic heterocycles. The van der Waals surface area contributed by atoms with Gasteiger partial charge in [-0.05, 0) is 23.8 Å². The van der Waals surface area contributed by atoms with E-state index in [1.54, 1.807) is 18.2 Å². The van der Waals surface area contributed by atoms with Crippen molar-refractivity contribution in [3.63, 3.8) is 0 Å². The van der Waals surface area contributed by atoms with Gasteiger partial charge >= 0.3 is 11.7 Å². The van der Waals surface area contributed by atoms with E-state index in [0.29, 0.717) is 4.57 Å². The Morgan fingerprint density at radius 2 is 1.62 bits per heavy atom. The molecule has 0 unspecified atom stereocenters. The van der Waals surface area contributed by atoms with Crippen molar-refractivity contribution in [1.29, 1.82) is 0 Å². The molecule has 0 N–H and O–H groups in total. The minimum Gasteiger partial charge on any atom is -0.457 e. The van der Waals surface area contributed by atoms with Gasteiger partial charge in [0.15, 0.2) is 9.84 Å². The summed E-state index contributed by atoms with van der Waals surface area (Å²) in [4.78, 5) is 38.6. The largest absolute Gasteiger partial charge is 0.457 e. The second-order valence-electron chi connectivity index (χ2n) is 7.02. The fourth-order valence-electron chi connectivity index (χ4n) is 3.16. The van der Waals surface area contributed by atoms with E-state index in [4.69, 9.17) is 4.74 Å².